The highest BCUT2D eigenvalue weighted by Gasteiger charge is 2.18. The van der Waals surface area contributed by atoms with Crippen LogP contribution in [-0.4, -0.2) is 25.4 Å². The first-order valence-corrected chi connectivity index (χ1v) is 6.78. The first-order valence-electron chi connectivity index (χ1n) is 6.78. The highest BCUT2D eigenvalue weighted by molar-refractivity contribution is 5.80. The topological polar surface area (TPSA) is 78.6 Å². The number of nitrogens with two attached hydrogens (primary N) is 1. The molecule has 114 valence electrons. The molecular formula is C17H17NO4. The maximum absolute atomic E-state index is 12.1. The van der Waals surface area contributed by atoms with Crippen LogP contribution in [0.25, 0.3) is 0 Å². The molecule has 2 aromatic carbocycles. The third-order valence-corrected chi connectivity index (χ3v) is 3.14. The fourth-order valence-corrected chi connectivity index (χ4v) is 1.98. The maximum Gasteiger partial charge on any atom is 0.328 e. The molecule has 0 saturated carbocycles. The quantitative estimate of drug-likeness (QED) is 0.501. The Kier molecular flexibility index (Phi) is 5.27. The summed E-state index contributed by atoms with van der Waals surface area (Å²) in [7, 11) is 1.44. The van der Waals surface area contributed by atoms with Crippen LogP contribution < -0.4 is 15.2 Å². The van der Waals surface area contributed by atoms with Gasteiger partial charge in [-0.25, -0.2) is 4.79 Å². The van der Waals surface area contributed by atoms with Gasteiger partial charge in [-0.2, -0.15) is 0 Å². The average Bonchev–Trinajstić information content (AvgIpc) is 2.56. The molecule has 0 radical (unpaired) electrons. The van der Waals surface area contributed by atoms with E-state index in [4.69, 9.17) is 15.2 Å². The van der Waals surface area contributed by atoms with Gasteiger partial charge >= 0.3 is 5.97 Å². The van der Waals surface area contributed by atoms with Crippen LogP contribution >= 0.6 is 0 Å². The summed E-state index contributed by atoms with van der Waals surface area (Å²) < 4.78 is 10.4. The molecule has 2 aromatic rings. The highest BCUT2D eigenvalue weighted by atomic mass is 16.6. The molecule has 2 rings (SSSR count). The van der Waals surface area contributed by atoms with Crippen molar-refractivity contribution in [2.24, 2.45) is 5.73 Å². The third-order valence-electron chi connectivity index (χ3n) is 3.14. The Bertz CT molecular complexity index is 655. The zero-order valence-corrected chi connectivity index (χ0v) is 12.2. The van der Waals surface area contributed by atoms with Gasteiger partial charge in [0.15, 0.2) is 11.5 Å². The van der Waals surface area contributed by atoms with E-state index in [9.17, 15) is 9.59 Å². The van der Waals surface area contributed by atoms with Crippen LogP contribution in [0.1, 0.15) is 15.9 Å². The molecule has 2 N–H and O–H groups in total. The van der Waals surface area contributed by atoms with E-state index in [0.29, 0.717) is 24.0 Å². The van der Waals surface area contributed by atoms with Gasteiger partial charge in [-0.1, -0.05) is 30.3 Å². The van der Waals surface area contributed by atoms with Crippen LogP contribution in [-0.2, 0) is 11.2 Å². The van der Waals surface area contributed by atoms with Gasteiger partial charge in [0.05, 0.1) is 7.11 Å². The van der Waals surface area contributed by atoms with Crippen LogP contribution in [0.15, 0.2) is 48.5 Å². The second-order valence-electron chi connectivity index (χ2n) is 4.75. The summed E-state index contributed by atoms with van der Waals surface area (Å²) in [5.74, 6) is -0.00696. The van der Waals surface area contributed by atoms with Crippen LogP contribution in [0.3, 0.4) is 0 Å². The third kappa shape index (κ3) is 3.93. The summed E-state index contributed by atoms with van der Waals surface area (Å²) in [6.45, 7) is 0. The smallest absolute Gasteiger partial charge is 0.328 e. The standard InChI is InChI=1S/C17H17NO4/c1-21-16-10-13(11-19)7-8-15(16)22-17(20)14(18)9-12-5-3-2-4-6-12/h2-8,10-11,14H,9,18H2,1H3/t14-/m1/s1. The van der Waals surface area contributed by atoms with Crippen molar-refractivity contribution >= 4 is 12.3 Å². The zero-order chi connectivity index (χ0) is 15.9. The summed E-state index contributed by atoms with van der Waals surface area (Å²) in [6.07, 6.45) is 1.07. The summed E-state index contributed by atoms with van der Waals surface area (Å²) >= 11 is 0. The Balaban J connectivity index is 2.06. The lowest BCUT2D eigenvalue weighted by Crippen LogP contribution is -2.36. The molecule has 0 aliphatic rings. The number of hydrogen-bond donors (Lipinski definition) is 1. The first kappa shape index (κ1) is 15.7. The zero-order valence-electron chi connectivity index (χ0n) is 12.2. The largest absolute Gasteiger partial charge is 0.493 e. The Hall–Kier alpha value is -2.66. The molecule has 0 fully saturated rings. The van der Waals surface area contributed by atoms with Gasteiger partial charge in [0.1, 0.15) is 12.3 Å². The minimum absolute atomic E-state index is 0.238. The number of carbonyl (C=O) groups is 2. The number of ether oxygens (including phenoxy) is 2. The molecule has 0 bridgehead atoms. The molecule has 5 heteroatoms. The lowest BCUT2D eigenvalue weighted by atomic mass is 10.1. The second-order valence-corrected chi connectivity index (χ2v) is 4.75. The summed E-state index contributed by atoms with van der Waals surface area (Å²) in [4.78, 5) is 22.8. The van der Waals surface area contributed by atoms with Crippen molar-refractivity contribution in [2.75, 3.05) is 7.11 Å². The van der Waals surface area contributed by atoms with E-state index in [-0.39, 0.29) is 5.75 Å². The number of carbonyl (C=O) groups excluding carboxylic acids is 2. The van der Waals surface area contributed by atoms with Crippen molar-refractivity contribution in [3.05, 3.63) is 59.7 Å². The van der Waals surface area contributed by atoms with Crippen LogP contribution in [0.2, 0.25) is 0 Å². The van der Waals surface area contributed by atoms with Crippen molar-refractivity contribution in [2.45, 2.75) is 12.5 Å². The van der Waals surface area contributed by atoms with E-state index in [1.807, 2.05) is 30.3 Å². The van der Waals surface area contributed by atoms with E-state index in [2.05, 4.69) is 0 Å². The number of methoxy groups -OCH3 is 1. The average molecular weight is 299 g/mol. The van der Waals surface area contributed by atoms with E-state index in [0.717, 1.165) is 5.56 Å². The van der Waals surface area contributed by atoms with Crippen molar-refractivity contribution in [3.63, 3.8) is 0 Å². The van der Waals surface area contributed by atoms with Gasteiger partial charge in [-0.3, -0.25) is 4.79 Å². The molecular weight excluding hydrogens is 282 g/mol. The normalized spacial score (nSPS) is 11.5. The molecule has 0 saturated heterocycles. The molecule has 5 nitrogen and oxygen atoms in total. The van der Waals surface area contributed by atoms with Gasteiger partial charge in [-0.05, 0) is 30.2 Å². The van der Waals surface area contributed by atoms with Crippen LogP contribution in [0, 0.1) is 0 Å². The van der Waals surface area contributed by atoms with Crippen molar-refractivity contribution in [1.82, 2.24) is 0 Å². The van der Waals surface area contributed by atoms with E-state index in [1.165, 1.54) is 19.2 Å². The molecule has 0 aliphatic carbocycles. The molecule has 0 spiro atoms. The number of benzene rings is 2. The second kappa shape index (κ2) is 7.38. The molecule has 22 heavy (non-hydrogen) atoms. The van der Waals surface area contributed by atoms with Gasteiger partial charge in [0, 0.05) is 5.56 Å². The monoisotopic (exact) mass is 299 g/mol. The maximum atomic E-state index is 12.1. The minimum Gasteiger partial charge on any atom is -0.493 e. The fraction of sp³-hybridized carbons (Fsp3) is 0.176. The number of hydrogen-bond acceptors (Lipinski definition) is 5. The van der Waals surface area contributed by atoms with Gasteiger partial charge in [0.2, 0.25) is 0 Å². The molecule has 1 atom stereocenters. The summed E-state index contributed by atoms with van der Waals surface area (Å²) in [5.41, 5.74) is 7.26. The van der Waals surface area contributed by atoms with E-state index in [1.54, 1.807) is 6.07 Å². The van der Waals surface area contributed by atoms with E-state index >= 15 is 0 Å². The van der Waals surface area contributed by atoms with Gasteiger partial charge < -0.3 is 15.2 Å². The lowest BCUT2D eigenvalue weighted by molar-refractivity contribution is -0.135. The van der Waals surface area contributed by atoms with Gasteiger partial charge in [0.25, 0.3) is 0 Å². The highest BCUT2D eigenvalue weighted by Crippen LogP contribution is 2.27. The number of rotatable bonds is 6. The van der Waals surface area contributed by atoms with Crippen molar-refractivity contribution in [3.8, 4) is 11.5 Å². The molecule has 0 heterocycles. The summed E-state index contributed by atoms with van der Waals surface area (Å²) in [5, 5.41) is 0. The lowest BCUT2D eigenvalue weighted by Gasteiger charge is -2.13. The van der Waals surface area contributed by atoms with E-state index < -0.39 is 12.0 Å². The van der Waals surface area contributed by atoms with Crippen molar-refractivity contribution < 1.29 is 19.1 Å². The molecule has 0 amide bonds. The molecule has 0 aromatic heterocycles. The molecule has 0 unspecified atom stereocenters. The number of aldehydes is 1. The number of esters is 1. The fourth-order valence-electron chi connectivity index (χ4n) is 1.98. The Morgan fingerprint density at radius 3 is 2.55 bits per heavy atom. The van der Waals surface area contributed by atoms with Crippen LogP contribution in [0.4, 0.5) is 0 Å². The Morgan fingerprint density at radius 2 is 1.91 bits per heavy atom. The van der Waals surface area contributed by atoms with Crippen molar-refractivity contribution in [1.29, 1.82) is 0 Å². The predicted molar refractivity (Wildman–Crippen MR) is 82.1 cm³/mol. The Morgan fingerprint density at radius 1 is 1.18 bits per heavy atom. The van der Waals surface area contributed by atoms with Gasteiger partial charge in [-0.15, -0.1) is 0 Å². The Labute approximate surface area is 128 Å². The summed E-state index contributed by atoms with van der Waals surface area (Å²) in [6, 6.07) is 13.2. The van der Waals surface area contributed by atoms with Crippen LogP contribution in [0.5, 0.6) is 11.5 Å². The first-order chi connectivity index (χ1) is 10.6. The SMILES string of the molecule is COc1cc(C=O)ccc1OC(=O)[C@H](N)Cc1ccccc1. The minimum atomic E-state index is -0.780. The molecule has 0 aliphatic heterocycles. The predicted octanol–water partition coefficient (Wildman–Crippen LogP) is 1.98.